The summed E-state index contributed by atoms with van der Waals surface area (Å²) in [5.41, 5.74) is 0.977. The number of aromatic hydroxyl groups is 1. The summed E-state index contributed by atoms with van der Waals surface area (Å²) in [6, 6.07) is 7.06. The molecule has 0 aliphatic rings. The number of phenols is 1. The van der Waals surface area contributed by atoms with Crippen molar-refractivity contribution in [2.45, 2.75) is 0 Å². The van der Waals surface area contributed by atoms with Crippen molar-refractivity contribution in [2.24, 2.45) is 0 Å². The van der Waals surface area contributed by atoms with E-state index in [4.69, 9.17) is 5.11 Å². The Bertz CT molecular complexity index is 274. The molecule has 0 fully saturated rings. The fourth-order valence-corrected chi connectivity index (χ4v) is 0.808. The topological polar surface area (TPSA) is 20.2 Å². The lowest BCUT2D eigenvalue weighted by atomic mass is 10.2. The molecule has 0 spiro atoms. The van der Waals surface area contributed by atoms with Crippen LogP contribution in [0.25, 0.3) is 6.08 Å². The quantitative estimate of drug-likeness (QED) is 0.636. The predicted molar refractivity (Wildman–Crippen MR) is 47.3 cm³/mol. The van der Waals surface area contributed by atoms with Crippen LogP contribution < -0.4 is 0 Å². The maximum absolute atomic E-state index is 9.05. The van der Waals surface area contributed by atoms with Crippen LogP contribution in [0.5, 0.6) is 5.75 Å². The van der Waals surface area contributed by atoms with Crippen LogP contribution in [0.1, 0.15) is 5.56 Å². The van der Waals surface area contributed by atoms with Crippen LogP contribution in [0.4, 0.5) is 0 Å². The third-order valence-corrected chi connectivity index (χ3v) is 1.29. The number of hydrogen-bond acceptors (Lipinski definition) is 1. The molecular formula is C10H10O. The van der Waals surface area contributed by atoms with E-state index in [2.05, 4.69) is 6.58 Å². The van der Waals surface area contributed by atoms with Gasteiger partial charge in [0.1, 0.15) is 5.75 Å². The maximum atomic E-state index is 9.05. The van der Waals surface area contributed by atoms with Crippen molar-refractivity contribution in [1.29, 1.82) is 0 Å². The second-order valence-corrected chi connectivity index (χ2v) is 2.19. The van der Waals surface area contributed by atoms with Crippen LogP contribution in [0.15, 0.2) is 43.0 Å². The van der Waals surface area contributed by atoms with E-state index in [1.54, 1.807) is 24.3 Å². The van der Waals surface area contributed by atoms with Gasteiger partial charge in [-0.1, -0.05) is 36.9 Å². The van der Waals surface area contributed by atoms with Crippen molar-refractivity contribution in [3.63, 3.8) is 0 Å². The van der Waals surface area contributed by atoms with Crippen LogP contribution >= 0.6 is 0 Å². The third-order valence-electron chi connectivity index (χ3n) is 1.29. The minimum atomic E-state index is 0.288. The van der Waals surface area contributed by atoms with Crippen molar-refractivity contribution in [3.05, 3.63) is 48.6 Å². The van der Waals surface area contributed by atoms with Gasteiger partial charge in [-0.3, -0.25) is 0 Å². The SMILES string of the molecule is C=C/C=C\c1cccc(O)c1. The van der Waals surface area contributed by atoms with E-state index in [-0.39, 0.29) is 5.75 Å². The monoisotopic (exact) mass is 146 g/mol. The number of allylic oxidation sites excluding steroid dienone is 2. The highest BCUT2D eigenvalue weighted by molar-refractivity contribution is 5.52. The molecule has 0 bridgehead atoms. The number of rotatable bonds is 2. The molecule has 1 aromatic carbocycles. The Labute approximate surface area is 66.3 Å². The standard InChI is InChI=1S/C10H10O/c1-2-3-5-9-6-4-7-10(11)8-9/h2-8,11H,1H2/b5-3-. The molecule has 11 heavy (non-hydrogen) atoms. The highest BCUT2D eigenvalue weighted by Crippen LogP contribution is 2.11. The molecule has 1 nitrogen and oxygen atoms in total. The van der Waals surface area contributed by atoms with E-state index in [1.807, 2.05) is 18.2 Å². The second kappa shape index (κ2) is 3.62. The van der Waals surface area contributed by atoms with Crippen LogP contribution in [0.2, 0.25) is 0 Å². The van der Waals surface area contributed by atoms with Gasteiger partial charge in [-0.15, -0.1) is 0 Å². The zero-order valence-corrected chi connectivity index (χ0v) is 6.20. The smallest absolute Gasteiger partial charge is 0.116 e. The van der Waals surface area contributed by atoms with Crippen molar-refractivity contribution in [2.75, 3.05) is 0 Å². The lowest BCUT2D eigenvalue weighted by Gasteiger charge is -1.92. The Hall–Kier alpha value is -1.50. The zero-order valence-electron chi connectivity index (χ0n) is 6.20. The van der Waals surface area contributed by atoms with Gasteiger partial charge in [-0.2, -0.15) is 0 Å². The fourth-order valence-electron chi connectivity index (χ4n) is 0.808. The van der Waals surface area contributed by atoms with E-state index < -0.39 is 0 Å². The first-order valence-corrected chi connectivity index (χ1v) is 3.41. The Morgan fingerprint density at radius 3 is 2.82 bits per heavy atom. The number of hydrogen-bond donors (Lipinski definition) is 1. The van der Waals surface area contributed by atoms with Crippen LogP contribution in [-0.4, -0.2) is 5.11 Å². The minimum absolute atomic E-state index is 0.288. The van der Waals surface area contributed by atoms with E-state index in [0.717, 1.165) is 5.56 Å². The first kappa shape index (κ1) is 7.61. The molecule has 0 amide bonds. The van der Waals surface area contributed by atoms with Gasteiger partial charge in [0, 0.05) is 0 Å². The average molecular weight is 146 g/mol. The molecule has 56 valence electrons. The van der Waals surface area contributed by atoms with E-state index >= 15 is 0 Å². The second-order valence-electron chi connectivity index (χ2n) is 2.19. The molecule has 0 heterocycles. The van der Waals surface area contributed by atoms with Gasteiger partial charge in [0.05, 0.1) is 0 Å². The van der Waals surface area contributed by atoms with Crippen molar-refractivity contribution >= 4 is 6.08 Å². The summed E-state index contributed by atoms with van der Waals surface area (Å²) >= 11 is 0. The van der Waals surface area contributed by atoms with Crippen LogP contribution in [0, 0.1) is 0 Å². The number of phenolic OH excluding ortho intramolecular Hbond substituents is 1. The van der Waals surface area contributed by atoms with Crippen molar-refractivity contribution in [3.8, 4) is 5.75 Å². The average Bonchev–Trinajstić information content (AvgIpc) is 2.01. The molecule has 0 aromatic heterocycles. The normalized spacial score (nSPS) is 10.2. The lowest BCUT2D eigenvalue weighted by molar-refractivity contribution is 0.475. The summed E-state index contributed by atoms with van der Waals surface area (Å²) < 4.78 is 0. The van der Waals surface area contributed by atoms with Gasteiger partial charge in [0.15, 0.2) is 0 Å². The van der Waals surface area contributed by atoms with Gasteiger partial charge >= 0.3 is 0 Å². The molecule has 1 N–H and O–H groups in total. The first-order chi connectivity index (χ1) is 5.33. The van der Waals surface area contributed by atoms with Crippen molar-refractivity contribution in [1.82, 2.24) is 0 Å². The predicted octanol–water partition coefficient (Wildman–Crippen LogP) is 2.59. The van der Waals surface area contributed by atoms with E-state index in [0.29, 0.717) is 0 Å². The van der Waals surface area contributed by atoms with E-state index in [9.17, 15) is 0 Å². The summed E-state index contributed by atoms with van der Waals surface area (Å²) in [6.07, 6.45) is 5.41. The highest BCUT2D eigenvalue weighted by atomic mass is 16.3. The fraction of sp³-hybridized carbons (Fsp3) is 0. The summed E-state index contributed by atoms with van der Waals surface area (Å²) in [4.78, 5) is 0. The molecule has 0 unspecified atom stereocenters. The summed E-state index contributed by atoms with van der Waals surface area (Å²) in [6.45, 7) is 3.55. The molecule has 0 atom stereocenters. The molecule has 0 saturated heterocycles. The summed E-state index contributed by atoms with van der Waals surface area (Å²) in [5.74, 6) is 0.288. The molecule has 0 saturated carbocycles. The minimum Gasteiger partial charge on any atom is -0.508 e. The first-order valence-electron chi connectivity index (χ1n) is 3.41. The molecule has 1 aromatic rings. The summed E-state index contributed by atoms with van der Waals surface area (Å²) in [5, 5.41) is 9.05. The Morgan fingerprint density at radius 1 is 1.36 bits per heavy atom. The molecule has 0 radical (unpaired) electrons. The zero-order chi connectivity index (χ0) is 8.10. The van der Waals surface area contributed by atoms with Crippen molar-refractivity contribution < 1.29 is 5.11 Å². The Balaban J connectivity index is 2.87. The van der Waals surface area contributed by atoms with E-state index in [1.165, 1.54) is 0 Å². The molecule has 1 heteroatoms. The van der Waals surface area contributed by atoms with Gasteiger partial charge in [0.2, 0.25) is 0 Å². The van der Waals surface area contributed by atoms with Gasteiger partial charge in [-0.05, 0) is 17.7 Å². The molecule has 0 aliphatic heterocycles. The van der Waals surface area contributed by atoms with Crippen LogP contribution in [0.3, 0.4) is 0 Å². The number of benzene rings is 1. The van der Waals surface area contributed by atoms with Gasteiger partial charge in [0.25, 0.3) is 0 Å². The van der Waals surface area contributed by atoms with Crippen LogP contribution in [-0.2, 0) is 0 Å². The highest BCUT2D eigenvalue weighted by Gasteiger charge is 1.86. The Kier molecular flexibility index (Phi) is 2.50. The van der Waals surface area contributed by atoms with Gasteiger partial charge in [-0.25, -0.2) is 0 Å². The molecule has 1 rings (SSSR count). The maximum Gasteiger partial charge on any atom is 0.116 e. The molecule has 0 aliphatic carbocycles. The van der Waals surface area contributed by atoms with Gasteiger partial charge < -0.3 is 5.11 Å². The molecular weight excluding hydrogens is 136 g/mol. The lowest BCUT2D eigenvalue weighted by Crippen LogP contribution is -1.69. The third kappa shape index (κ3) is 2.30. The summed E-state index contributed by atoms with van der Waals surface area (Å²) in [7, 11) is 0. The largest absolute Gasteiger partial charge is 0.508 e. The Morgan fingerprint density at radius 2 is 2.18 bits per heavy atom.